The van der Waals surface area contributed by atoms with E-state index in [1.807, 2.05) is 19.3 Å². The first kappa shape index (κ1) is 10.5. The summed E-state index contributed by atoms with van der Waals surface area (Å²) in [7, 11) is 2.03. The quantitative estimate of drug-likeness (QED) is 0.851. The Hall–Kier alpha value is -1.61. The molecule has 0 radical (unpaired) electrons. The van der Waals surface area contributed by atoms with Crippen molar-refractivity contribution in [2.75, 3.05) is 25.0 Å². The van der Waals surface area contributed by atoms with Crippen LogP contribution in [-0.4, -0.2) is 31.2 Å². The minimum absolute atomic E-state index is 0.612. The molecule has 3 heteroatoms. The molecule has 1 saturated heterocycles. The van der Waals surface area contributed by atoms with Crippen LogP contribution in [0.5, 0.6) is 0 Å². The van der Waals surface area contributed by atoms with Crippen LogP contribution in [-0.2, 0) is 0 Å². The van der Waals surface area contributed by atoms with Gasteiger partial charge in [-0.1, -0.05) is 18.2 Å². The topological polar surface area (TPSA) is 28.2 Å². The smallest absolute Gasteiger partial charge is 0.0703 e. The fraction of sp³-hybridized carbons (Fsp3) is 0.357. The van der Waals surface area contributed by atoms with E-state index in [-0.39, 0.29) is 0 Å². The second-order valence-corrected chi connectivity index (χ2v) is 4.61. The van der Waals surface area contributed by atoms with E-state index < -0.39 is 0 Å². The Morgan fingerprint density at radius 1 is 1.35 bits per heavy atom. The lowest BCUT2D eigenvalue weighted by molar-refractivity contribution is 0.617. The standard InChI is InChI=1S/C14H17N3/c1-15-12-6-7-17(10-12)13-8-11-4-2-3-5-14(11)16-9-13/h2-5,8-9,12,15H,6-7,10H2,1H3. The van der Waals surface area contributed by atoms with Gasteiger partial charge >= 0.3 is 0 Å². The highest BCUT2D eigenvalue weighted by Crippen LogP contribution is 2.23. The molecule has 1 atom stereocenters. The summed E-state index contributed by atoms with van der Waals surface area (Å²) < 4.78 is 0. The highest BCUT2D eigenvalue weighted by atomic mass is 15.2. The van der Waals surface area contributed by atoms with Crippen LogP contribution >= 0.6 is 0 Å². The van der Waals surface area contributed by atoms with Gasteiger partial charge in [-0.2, -0.15) is 0 Å². The minimum atomic E-state index is 0.612. The molecule has 3 rings (SSSR count). The fourth-order valence-corrected chi connectivity index (χ4v) is 2.46. The van der Waals surface area contributed by atoms with Gasteiger partial charge in [0.2, 0.25) is 0 Å². The van der Waals surface area contributed by atoms with Crippen LogP contribution in [0.25, 0.3) is 10.9 Å². The van der Waals surface area contributed by atoms with Crippen molar-refractivity contribution in [1.82, 2.24) is 10.3 Å². The summed E-state index contributed by atoms with van der Waals surface area (Å²) in [5, 5.41) is 4.56. The van der Waals surface area contributed by atoms with E-state index in [2.05, 4.69) is 39.5 Å². The molecule has 0 saturated carbocycles. The molecule has 0 bridgehead atoms. The molecule has 1 unspecified atom stereocenters. The van der Waals surface area contributed by atoms with Crippen LogP contribution in [0, 0.1) is 0 Å². The third kappa shape index (κ3) is 1.98. The second-order valence-electron chi connectivity index (χ2n) is 4.61. The highest BCUT2D eigenvalue weighted by molar-refractivity contribution is 5.81. The Labute approximate surface area is 101 Å². The third-order valence-corrected chi connectivity index (χ3v) is 3.54. The Morgan fingerprint density at radius 2 is 2.24 bits per heavy atom. The van der Waals surface area contributed by atoms with Crippen LogP contribution in [0.1, 0.15) is 6.42 Å². The first-order valence-corrected chi connectivity index (χ1v) is 6.14. The molecule has 1 aliphatic rings. The lowest BCUT2D eigenvalue weighted by atomic mass is 10.2. The zero-order valence-corrected chi connectivity index (χ0v) is 10.1. The molecule has 17 heavy (non-hydrogen) atoms. The molecule has 1 fully saturated rings. The number of hydrogen-bond acceptors (Lipinski definition) is 3. The van der Waals surface area contributed by atoms with Crippen molar-refractivity contribution in [3.63, 3.8) is 0 Å². The molecule has 0 aliphatic carbocycles. The number of fused-ring (bicyclic) bond motifs is 1. The van der Waals surface area contributed by atoms with Crippen LogP contribution in [0.4, 0.5) is 5.69 Å². The molecule has 1 aromatic carbocycles. The maximum atomic E-state index is 4.51. The molecule has 1 N–H and O–H groups in total. The van der Waals surface area contributed by atoms with E-state index in [4.69, 9.17) is 0 Å². The number of hydrogen-bond donors (Lipinski definition) is 1. The fourth-order valence-electron chi connectivity index (χ4n) is 2.46. The Kier molecular flexibility index (Phi) is 2.69. The first-order chi connectivity index (χ1) is 8.36. The van der Waals surface area contributed by atoms with Crippen molar-refractivity contribution in [3.8, 4) is 0 Å². The lowest BCUT2D eigenvalue weighted by Crippen LogP contribution is -2.29. The molecular formula is C14H17N3. The summed E-state index contributed by atoms with van der Waals surface area (Å²) in [5.41, 5.74) is 2.31. The van der Waals surface area contributed by atoms with Gasteiger partial charge in [0.05, 0.1) is 17.4 Å². The van der Waals surface area contributed by atoms with E-state index >= 15 is 0 Å². The van der Waals surface area contributed by atoms with Gasteiger partial charge in [-0.15, -0.1) is 0 Å². The number of aromatic nitrogens is 1. The number of nitrogens with one attached hydrogen (secondary N) is 1. The molecule has 1 aromatic heterocycles. The highest BCUT2D eigenvalue weighted by Gasteiger charge is 2.21. The Morgan fingerprint density at radius 3 is 3.06 bits per heavy atom. The van der Waals surface area contributed by atoms with Crippen molar-refractivity contribution in [2.24, 2.45) is 0 Å². The van der Waals surface area contributed by atoms with Crippen molar-refractivity contribution in [1.29, 1.82) is 0 Å². The predicted octanol–water partition coefficient (Wildman–Crippen LogP) is 2.03. The molecule has 0 amide bonds. The normalized spacial score (nSPS) is 20.1. The molecule has 2 aromatic rings. The van der Waals surface area contributed by atoms with Crippen molar-refractivity contribution >= 4 is 16.6 Å². The van der Waals surface area contributed by atoms with E-state index in [1.54, 1.807) is 0 Å². The van der Waals surface area contributed by atoms with Gasteiger partial charge in [-0.3, -0.25) is 4.98 Å². The average Bonchev–Trinajstić information content (AvgIpc) is 2.87. The number of anilines is 1. The molecular weight excluding hydrogens is 210 g/mol. The predicted molar refractivity (Wildman–Crippen MR) is 71.4 cm³/mol. The number of pyridine rings is 1. The molecule has 3 nitrogen and oxygen atoms in total. The van der Waals surface area contributed by atoms with Gasteiger partial charge in [0.15, 0.2) is 0 Å². The van der Waals surface area contributed by atoms with Crippen molar-refractivity contribution in [2.45, 2.75) is 12.5 Å². The van der Waals surface area contributed by atoms with E-state index in [0.29, 0.717) is 6.04 Å². The van der Waals surface area contributed by atoms with Gasteiger partial charge < -0.3 is 10.2 Å². The van der Waals surface area contributed by atoms with Crippen LogP contribution in [0.3, 0.4) is 0 Å². The molecule has 88 valence electrons. The maximum absolute atomic E-state index is 4.51. The van der Waals surface area contributed by atoms with Gasteiger partial charge in [0.1, 0.15) is 0 Å². The van der Waals surface area contributed by atoms with E-state index in [9.17, 15) is 0 Å². The zero-order valence-electron chi connectivity index (χ0n) is 10.1. The van der Waals surface area contributed by atoms with E-state index in [0.717, 1.165) is 18.6 Å². The minimum Gasteiger partial charge on any atom is -0.369 e. The van der Waals surface area contributed by atoms with Gasteiger partial charge in [0.25, 0.3) is 0 Å². The third-order valence-electron chi connectivity index (χ3n) is 3.54. The lowest BCUT2D eigenvalue weighted by Gasteiger charge is -2.18. The largest absolute Gasteiger partial charge is 0.369 e. The van der Waals surface area contributed by atoms with Crippen LogP contribution < -0.4 is 10.2 Å². The number of likely N-dealkylation sites (N-methyl/N-ethyl adjacent to an activating group) is 1. The van der Waals surface area contributed by atoms with Crippen LogP contribution in [0.2, 0.25) is 0 Å². The molecule has 0 spiro atoms. The monoisotopic (exact) mass is 227 g/mol. The summed E-state index contributed by atoms with van der Waals surface area (Å²) >= 11 is 0. The molecule has 1 aliphatic heterocycles. The Balaban J connectivity index is 1.91. The SMILES string of the molecule is CNC1CCN(c2cnc3ccccc3c2)C1. The van der Waals surface area contributed by atoms with Gasteiger partial charge in [0, 0.05) is 24.5 Å². The summed E-state index contributed by atoms with van der Waals surface area (Å²) in [5.74, 6) is 0. The Bertz CT molecular complexity index is 524. The van der Waals surface area contributed by atoms with Gasteiger partial charge in [-0.25, -0.2) is 0 Å². The summed E-state index contributed by atoms with van der Waals surface area (Å²) in [6.07, 6.45) is 3.20. The van der Waals surface area contributed by atoms with E-state index in [1.165, 1.54) is 17.5 Å². The number of nitrogens with zero attached hydrogens (tertiary/aromatic N) is 2. The number of benzene rings is 1. The number of rotatable bonds is 2. The summed E-state index contributed by atoms with van der Waals surface area (Å²) in [6, 6.07) is 11.1. The molecule has 2 heterocycles. The summed E-state index contributed by atoms with van der Waals surface area (Å²) in [4.78, 5) is 6.92. The summed E-state index contributed by atoms with van der Waals surface area (Å²) in [6.45, 7) is 2.20. The van der Waals surface area contributed by atoms with Crippen LogP contribution in [0.15, 0.2) is 36.5 Å². The second kappa shape index (κ2) is 4.34. The van der Waals surface area contributed by atoms with Gasteiger partial charge in [-0.05, 0) is 25.6 Å². The van der Waals surface area contributed by atoms with Crippen molar-refractivity contribution in [3.05, 3.63) is 36.5 Å². The maximum Gasteiger partial charge on any atom is 0.0703 e. The van der Waals surface area contributed by atoms with Crippen molar-refractivity contribution < 1.29 is 0 Å². The zero-order chi connectivity index (χ0) is 11.7. The average molecular weight is 227 g/mol. The number of para-hydroxylation sites is 1. The first-order valence-electron chi connectivity index (χ1n) is 6.14.